The minimum Gasteiger partial charge on any atom is -0.335 e. The fourth-order valence-corrected chi connectivity index (χ4v) is 8.48. The molecule has 0 spiro atoms. The molecule has 0 N–H and O–H groups in total. The number of carbonyl (C=O) groups is 1. The first-order valence-electron chi connectivity index (χ1n) is 11.1. The molecule has 164 valence electrons. The molecule has 1 aromatic heterocycles. The molecule has 2 aliphatic heterocycles. The number of amides is 1. The molecule has 1 amide bonds. The van der Waals surface area contributed by atoms with E-state index in [-0.39, 0.29) is 40.4 Å². The number of fused-ring (bicyclic) bond motifs is 1. The lowest BCUT2D eigenvalue weighted by molar-refractivity contribution is -0.133. The van der Waals surface area contributed by atoms with E-state index in [1.54, 1.807) is 29.6 Å². The van der Waals surface area contributed by atoms with Gasteiger partial charge in [0.2, 0.25) is 15.9 Å². The molecule has 5 rings (SSSR count). The smallest absolute Gasteiger partial charge is 0.245 e. The van der Waals surface area contributed by atoms with Crippen molar-refractivity contribution >= 4 is 15.9 Å². The number of rotatable bonds is 4. The molecule has 2 aromatic rings. The summed E-state index contributed by atoms with van der Waals surface area (Å²) in [6, 6.07) is 12.9. The van der Waals surface area contributed by atoms with Crippen molar-refractivity contribution in [2.24, 2.45) is 5.41 Å². The molecule has 0 radical (unpaired) electrons. The Hall–Kier alpha value is -2.25. The number of benzene rings is 1. The van der Waals surface area contributed by atoms with Gasteiger partial charge in [-0.25, -0.2) is 8.42 Å². The normalized spacial score (nSPS) is 32.8. The van der Waals surface area contributed by atoms with Crippen LogP contribution in [0.4, 0.5) is 0 Å². The van der Waals surface area contributed by atoms with Gasteiger partial charge in [-0.1, -0.05) is 37.3 Å². The predicted molar refractivity (Wildman–Crippen MR) is 118 cm³/mol. The van der Waals surface area contributed by atoms with Crippen molar-refractivity contribution in [3.63, 3.8) is 0 Å². The summed E-state index contributed by atoms with van der Waals surface area (Å²) in [7, 11) is -3.76. The third-order valence-electron chi connectivity index (χ3n) is 7.76. The van der Waals surface area contributed by atoms with E-state index in [0.29, 0.717) is 6.42 Å². The quantitative estimate of drug-likeness (QED) is 0.733. The van der Waals surface area contributed by atoms with Crippen LogP contribution in [0.25, 0.3) is 0 Å². The molecular formula is C24H29N3O3S. The fourth-order valence-electron chi connectivity index (χ4n) is 6.54. The van der Waals surface area contributed by atoms with Crippen molar-refractivity contribution in [2.45, 2.75) is 75.0 Å². The Morgan fingerprint density at radius 1 is 1.13 bits per heavy atom. The first-order valence-corrected chi connectivity index (χ1v) is 12.5. The number of aromatic nitrogens is 1. The summed E-state index contributed by atoms with van der Waals surface area (Å²) in [4.78, 5) is 19.1. The summed E-state index contributed by atoms with van der Waals surface area (Å²) in [6.07, 6.45) is 7.19. The van der Waals surface area contributed by atoms with E-state index in [9.17, 15) is 13.2 Å². The summed E-state index contributed by atoms with van der Waals surface area (Å²) in [5.74, 6) is 0.0538. The summed E-state index contributed by atoms with van der Waals surface area (Å²) in [5.41, 5.74) is 0.865. The zero-order valence-corrected chi connectivity index (χ0v) is 18.8. The Balaban J connectivity index is 1.67. The average molecular weight is 440 g/mol. The second kappa shape index (κ2) is 7.41. The van der Waals surface area contributed by atoms with Gasteiger partial charge in [0.15, 0.2) is 0 Å². The number of nitrogens with zero attached hydrogens (tertiary/aromatic N) is 3. The summed E-state index contributed by atoms with van der Waals surface area (Å²) < 4.78 is 29.8. The zero-order valence-electron chi connectivity index (χ0n) is 18.0. The van der Waals surface area contributed by atoms with Gasteiger partial charge in [-0.05, 0) is 49.8 Å². The van der Waals surface area contributed by atoms with Gasteiger partial charge in [-0.3, -0.25) is 9.78 Å². The highest BCUT2D eigenvalue weighted by atomic mass is 32.2. The second-order valence-electron chi connectivity index (χ2n) is 9.45. The summed E-state index contributed by atoms with van der Waals surface area (Å²) in [6.45, 7) is 3.83. The van der Waals surface area contributed by atoms with Crippen LogP contribution >= 0.6 is 0 Å². The van der Waals surface area contributed by atoms with E-state index >= 15 is 0 Å². The van der Waals surface area contributed by atoms with E-state index in [1.165, 1.54) is 6.20 Å². The average Bonchev–Trinajstić information content (AvgIpc) is 3.07. The Bertz CT molecular complexity index is 1080. The highest BCUT2D eigenvalue weighted by Gasteiger charge is 2.65. The first-order chi connectivity index (χ1) is 14.8. The number of hydrogen-bond donors (Lipinski definition) is 0. The van der Waals surface area contributed by atoms with Crippen LogP contribution in [0.1, 0.15) is 45.1 Å². The lowest BCUT2D eigenvalue weighted by Crippen LogP contribution is -2.62. The SMILES string of the molecule is CC(=O)N1[C@H]2CCC[C@H]3N(S(=O)(=O)c4cccnc4)[C@@H](Cc4ccccc4)[C@@H]1C[C@@]23C. The molecule has 7 heteroatoms. The Labute approximate surface area is 184 Å². The maximum absolute atomic E-state index is 14.0. The predicted octanol–water partition coefficient (Wildman–Crippen LogP) is 3.25. The van der Waals surface area contributed by atoms with Crippen molar-refractivity contribution in [3.05, 3.63) is 60.4 Å². The van der Waals surface area contributed by atoms with E-state index in [1.807, 2.05) is 35.2 Å². The molecule has 3 aliphatic rings. The van der Waals surface area contributed by atoms with Crippen LogP contribution in [-0.2, 0) is 21.2 Å². The molecule has 1 saturated carbocycles. The molecule has 0 unspecified atom stereocenters. The van der Waals surface area contributed by atoms with Gasteiger partial charge in [0, 0.05) is 48.9 Å². The maximum Gasteiger partial charge on any atom is 0.245 e. The van der Waals surface area contributed by atoms with Crippen molar-refractivity contribution in [1.82, 2.24) is 14.2 Å². The summed E-state index contributed by atoms with van der Waals surface area (Å²) >= 11 is 0. The third-order valence-corrected chi connectivity index (χ3v) is 9.68. The van der Waals surface area contributed by atoms with Crippen molar-refractivity contribution in [3.8, 4) is 0 Å². The van der Waals surface area contributed by atoms with E-state index in [4.69, 9.17) is 0 Å². The first kappa shape index (κ1) is 20.6. The van der Waals surface area contributed by atoms with Crippen LogP contribution in [0, 0.1) is 5.41 Å². The molecule has 3 fully saturated rings. The van der Waals surface area contributed by atoms with Gasteiger partial charge in [0.05, 0.1) is 0 Å². The number of likely N-dealkylation sites (tertiary alicyclic amines) is 1. The highest BCUT2D eigenvalue weighted by Crippen LogP contribution is 2.57. The molecule has 3 heterocycles. The number of piperidine rings is 1. The van der Waals surface area contributed by atoms with Crippen molar-refractivity contribution in [1.29, 1.82) is 0 Å². The molecule has 1 aliphatic carbocycles. The van der Waals surface area contributed by atoms with Crippen LogP contribution in [0.15, 0.2) is 59.8 Å². The number of pyridine rings is 1. The monoisotopic (exact) mass is 439 g/mol. The molecular weight excluding hydrogens is 410 g/mol. The van der Waals surface area contributed by atoms with Gasteiger partial charge < -0.3 is 4.90 Å². The van der Waals surface area contributed by atoms with Crippen LogP contribution in [0.5, 0.6) is 0 Å². The zero-order chi connectivity index (χ0) is 21.8. The summed E-state index contributed by atoms with van der Waals surface area (Å²) in [5, 5.41) is 0. The van der Waals surface area contributed by atoms with Crippen LogP contribution in [0.2, 0.25) is 0 Å². The number of carbonyl (C=O) groups excluding carboxylic acids is 1. The standard InChI is InChI=1S/C24H29N3O3S/c1-17(28)26-21-15-24(2)22(26)11-6-12-23(24)27(20(21)14-18-8-4-3-5-9-18)31(29,30)19-10-7-13-25-16-19/h3-5,7-10,13,16,20-23H,6,11-12,14-15H2,1-2H3/t20-,21-,22-,23+,24-/m0/s1. The molecule has 5 atom stereocenters. The van der Waals surface area contributed by atoms with E-state index < -0.39 is 10.0 Å². The lowest BCUT2D eigenvalue weighted by Gasteiger charge is -2.51. The number of hydrogen-bond acceptors (Lipinski definition) is 4. The topological polar surface area (TPSA) is 70.6 Å². The second-order valence-corrected chi connectivity index (χ2v) is 11.3. The van der Waals surface area contributed by atoms with Crippen LogP contribution < -0.4 is 0 Å². The van der Waals surface area contributed by atoms with E-state index in [0.717, 1.165) is 31.2 Å². The van der Waals surface area contributed by atoms with Gasteiger partial charge in [-0.15, -0.1) is 0 Å². The molecule has 2 bridgehead atoms. The van der Waals surface area contributed by atoms with Crippen molar-refractivity contribution in [2.75, 3.05) is 0 Å². The number of sulfonamides is 1. The van der Waals surface area contributed by atoms with Gasteiger partial charge >= 0.3 is 0 Å². The highest BCUT2D eigenvalue weighted by molar-refractivity contribution is 7.89. The molecule has 2 saturated heterocycles. The van der Waals surface area contributed by atoms with Gasteiger partial charge in [0.1, 0.15) is 4.90 Å². The van der Waals surface area contributed by atoms with Gasteiger partial charge in [0.25, 0.3) is 0 Å². The van der Waals surface area contributed by atoms with Crippen LogP contribution in [-0.4, -0.2) is 52.7 Å². The minimum atomic E-state index is -3.76. The Morgan fingerprint density at radius 3 is 2.55 bits per heavy atom. The molecule has 31 heavy (non-hydrogen) atoms. The van der Waals surface area contributed by atoms with Crippen molar-refractivity contribution < 1.29 is 13.2 Å². The Kier molecular flexibility index (Phi) is 4.94. The van der Waals surface area contributed by atoms with E-state index in [2.05, 4.69) is 11.9 Å². The lowest BCUT2D eigenvalue weighted by atomic mass is 9.65. The van der Waals surface area contributed by atoms with Crippen LogP contribution in [0.3, 0.4) is 0 Å². The minimum absolute atomic E-state index is 0.0538. The molecule has 1 aromatic carbocycles. The molecule has 6 nitrogen and oxygen atoms in total. The Morgan fingerprint density at radius 2 is 1.87 bits per heavy atom. The third kappa shape index (κ3) is 3.12. The fraction of sp³-hybridized carbons (Fsp3) is 0.500. The maximum atomic E-state index is 14.0. The largest absolute Gasteiger partial charge is 0.335 e. The van der Waals surface area contributed by atoms with Gasteiger partial charge in [-0.2, -0.15) is 4.31 Å².